The average Bonchev–Trinajstić information content (AvgIpc) is 2.31. The van der Waals surface area contributed by atoms with Gasteiger partial charge in [0.15, 0.2) is 0 Å². The zero-order chi connectivity index (χ0) is 15.3. The number of halogens is 2. The van der Waals surface area contributed by atoms with E-state index in [9.17, 15) is 4.79 Å². The third-order valence-corrected chi connectivity index (χ3v) is 4.06. The number of hydrogen-bond acceptors (Lipinski definition) is 2. The van der Waals surface area contributed by atoms with Gasteiger partial charge in [0.2, 0.25) is 0 Å². The predicted octanol–water partition coefficient (Wildman–Crippen LogP) is 5.20. The molecule has 0 fully saturated rings. The highest BCUT2D eigenvalue weighted by molar-refractivity contribution is 14.1. The van der Waals surface area contributed by atoms with Crippen LogP contribution in [0.5, 0.6) is 0 Å². The van der Waals surface area contributed by atoms with Gasteiger partial charge in [-0.1, -0.05) is 22.9 Å². The highest BCUT2D eigenvalue weighted by Crippen LogP contribution is 2.21. The molecule has 1 rings (SSSR count). The number of carbonyl (C=O) groups is 1. The minimum absolute atomic E-state index is 0.255. The lowest BCUT2D eigenvalue weighted by molar-refractivity contribution is 0.0233. The van der Waals surface area contributed by atoms with Gasteiger partial charge in [0.25, 0.3) is 0 Å². The van der Waals surface area contributed by atoms with Crippen molar-refractivity contribution in [3.8, 4) is 0 Å². The SMILES string of the molecule is CCCN(Cc1cc(Br)ccc1I)C(=O)OC(C)(C)C. The van der Waals surface area contributed by atoms with Crippen LogP contribution in [0.2, 0.25) is 0 Å². The van der Waals surface area contributed by atoms with Crippen LogP contribution in [0.25, 0.3) is 0 Å². The standard InChI is InChI=1S/C15H21BrINO2/c1-5-8-18(14(19)20-15(2,3)4)10-11-9-12(16)6-7-13(11)17/h6-7,9H,5,8,10H2,1-4H3. The van der Waals surface area contributed by atoms with Crippen LogP contribution in [0.1, 0.15) is 39.7 Å². The van der Waals surface area contributed by atoms with Crippen LogP contribution in [0.15, 0.2) is 22.7 Å². The first-order valence-electron chi connectivity index (χ1n) is 6.65. The fourth-order valence-electron chi connectivity index (χ4n) is 1.70. The topological polar surface area (TPSA) is 29.5 Å². The Morgan fingerprint density at radius 1 is 1.40 bits per heavy atom. The third kappa shape index (κ3) is 5.99. The van der Waals surface area contributed by atoms with E-state index in [1.165, 1.54) is 0 Å². The normalized spacial score (nSPS) is 11.3. The Morgan fingerprint density at radius 3 is 2.60 bits per heavy atom. The van der Waals surface area contributed by atoms with E-state index in [1.807, 2.05) is 32.9 Å². The lowest BCUT2D eigenvalue weighted by Crippen LogP contribution is -2.37. The molecule has 0 saturated carbocycles. The monoisotopic (exact) mass is 453 g/mol. The Hall–Kier alpha value is -0.300. The van der Waals surface area contributed by atoms with Crippen molar-refractivity contribution in [3.05, 3.63) is 31.8 Å². The van der Waals surface area contributed by atoms with Gasteiger partial charge >= 0.3 is 6.09 Å². The molecule has 1 aromatic carbocycles. The zero-order valence-electron chi connectivity index (χ0n) is 12.4. The van der Waals surface area contributed by atoms with Crippen LogP contribution >= 0.6 is 38.5 Å². The van der Waals surface area contributed by atoms with Crippen LogP contribution in [-0.2, 0) is 11.3 Å². The number of ether oxygens (including phenoxy) is 1. The Bertz CT molecular complexity index is 471. The highest BCUT2D eigenvalue weighted by atomic mass is 127. The van der Waals surface area contributed by atoms with E-state index in [1.54, 1.807) is 4.90 Å². The molecular formula is C15H21BrINO2. The van der Waals surface area contributed by atoms with E-state index < -0.39 is 5.60 Å². The van der Waals surface area contributed by atoms with Crippen molar-refractivity contribution in [1.82, 2.24) is 4.90 Å². The minimum atomic E-state index is -0.465. The Kier molecular flexibility index (Phi) is 6.78. The smallest absolute Gasteiger partial charge is 0.410 e. The van der Waals surface area contributed by atoms with Crippen molar-refractivity contribution >= 4 is 44.6 Å². The van der Waals surface area contributed by atoms with E-state index >= 15 is 0 Å². The van der Waals surface area contributed by atoms with Gasteiger partial charge in [-0.25, -0.2) is 4.79 Å². The lowest BCUT2D eigenvalue weighted by atomic mass is 10.2. The van der Waals surface area contributed by atoms with Gasteiger partial charge in [0.1, 0.15) is 5.60 Å². The van der Waals surface area contributed by atoms with Gasteiger partial charge in [-0.3, -0.25) is 0 Å². The summed E-state index contributed by atoms with van der Waals surface area (Å²) in [6.07, 6.45) is 0.652. The molecule has 112 valence electrons. The maximum absolute atomic E-state index is 12.2. The molecule has 0 unspecified atom stereocenters. The fraction of sp³-hybridized carbons (Fsp3) is 0.533. The molecule has 5 heteroatoms. The largest absolute Gasteiger partial charge is 0.444 e. The van der Waals surface area contributed by atoms with Gasteiger partial charge in [-0.2, -0.15) is 0 Å². The van der Waals surface area contributed by atoms with Crippen LogP contribution in [-0.4, -0.2) is 23.1 Å². The molecule has 0 aliphatic carbocycles. The van der Waals surface area contributed by atoms with Gasteiger partial charge in [-0.15, -0.1) is 0 Å². The number of benzene rings is 1. The molecular weight excluding hydrogens is 433 g/mol. The molecule has 20 heavy (non-hydrogen) atoms. The van der Waals surface area contributed by atoms with Crippen LogP contribution < -0.4 is 0 Å². The number of carbonyl (C=O) groups excluding carboxylic acids is 1. The summed E-state index contributed by atoms with van der Waals surface area (Å²) in [5.74, 6) is 0. The summed E-state index contributed by atoms with van der Waals surface area (Å²) in [6.45, 7) is 8.98. The maximum Gasteiger partial charge on any atom is 0.410 e. The maximum atomic E-state index is 12.2. The third-order valence-electron chi connectivity index (χ3n) is 2.51. The van der Waals surface area contributed by atoms with E-state index in [0.29, 0.717) is 13.1 Å². The summed E-state index contributed by atoms with van der Waals surface area (Å²) >= 11 is 5.76. The molecule has 0 radical (unpaired) electrons. The zero-order valence-corrected chi connectivity index (χ0v) is 16.1. The molecule has 0 aliphatic rings. The molecule has 0 spiro atoms. The summed E-state index contributed by atoms with van der Waals surface area (Å²) in [5.41, 5.74) is 0.660. The van der Waals surface area contributed by atoms with Gasteiger partial charge < -0.3 is 9.64 Å². The second-order valence-electron chi connectivity index (χ2n) is 5.64. The number of nitrogens with zero attached hydrogens (tertiary/aromatic N) is 1. The van der Waals surface area contributed by atoms with Crippen LogP contribution in [0.3, 0.4) is 0 Å². The van der Waals surface area contributed by atoms with Crippen molar-refractivity contribution in [1.29, 1.82) is 0 Å². The number of rotatable bonds is 4. The molecule has 0 saturated heterocycles. The molecule has 1 aromatic rings. The predicted molar refractivity (Wildman–Crippen MR) is 93.8 cm³/mol. The minimum Gasteiger partial charge on any atom is -0.444 e. The van der Waals surface area contributed by atoms with E-state index in [4.69, 9.17) is 4.74 Å². The summed E-state index contributed by atoms with van der Waals surface area (Å²) < 4.78 is 7.64. The molecule has 0 atom stereocenters. The molecule has 0 aromatic heterocycles. The van der Waals surface area contributed by atoms with Crippen molar-refractivity contribution in [2.45, 2.75) is 46.3 Å². The Balaban J connectivity index is 2.86. The Morgan fingerprint density at radius 2 is 2.05 bits per heavy atom. The Labute approximate surface area is 143 Å². The van der Waals surface area contributed by atoms with Crippen molar-refractivity contribution in [3.63, 3.8) is 0 Å². The molecule has 0 N–H and O–H groups in total. The first kappa shape index (κ1) is 17.8. The van der Waals surface area contributed by atoms with E-state index in [0.717, 1.165) is 20.0 Å². The average molecular weight is 454 g/mol. The number of amides is 1. The quantitative estimate of drug-likeness (QED) is 0.586. The van der Waals surface area contributed by atoms with Gasteiger partial charge in [0.05, 0.1) is 6.54 Å². The highest BCUT2D eigenvalue weighted by Gasteiger charge is 2.22. The first-order chi connectivity index (χ1) is 9.23. The number of hydrogen-bond donors (Lipinski definition) is 0. The van der Waals surface area contributed by atoms with Crippen molar-refractivity contribution in [2.75, 3.05) is 6.54 Å². The van der Waals surface area contributed by atoms with Crippen LogP contribution in [0, 0.1) is 3.57 Å². The van der Waals surface area contributed by atoms with Crippen molar-refractivity contribution < 1.29 is 9.53 Å². The fourth-order valence-corrected chi connectivity index (χ4v) is 2.62. The summed E-state index contributed by atoms with van der Waals surface area (Å²) in [7, 11) is 0. The van der Waals surface area contributed by atoms with E-state index in [-0.39, 0.29) is 6.09 Å². The van der Waals surface area contributed by atoms with Gasteiger partial charge in [-0.05, 0) is 73.5 Å². The summed E-state index contributed by atoms with van der Waals surface area (Å²) in [4.78, 5) is 14.0. The summed E-state index contributed by atoms with van der Waals surface area (Å²) in [6, 6.07) is 6.09. The first-order valence-corrected chi connectivity index (χ1v) is 8.52. The molecule has 0 bridgehead atoms. The molecule has 0 aliphatic heterocycles. The lowest BCUT2D eigenvalue weighted by Gasteiger charge is -2.27. The summed E-state index contributed by atoms with van der Waals surface area (Å²) in [5, 5.41) is 0. The van der Waals surface area contributed by atoms with E-state index in [2.05, 4.69) is 51.5 Å². The van der Waals surface area contributed by atoms with Gasteiger partial charge in [0, 0.05) is 14.6 Å². The molecule has 0 heterocycles. The van der Waals surface area contributed by atoms with Crippen molar-refractivity contribution in [2.24, 2.45) is 0 Å². The molecule has 1 amide bonds. The van der Waals surface area contributed by atoms with Crippen LogP contribution in [0.4, 0.5) is 4.79 Å². The second kappa shape index (κ2) is 7.64. The molecule has 3 nitrogen and oxygen atoms in total. The second-order valence-corrected chi connectivity index (χ2v) is 7.72.